The first kappa shape index (κ1) is 46.6. The molecule has 3 aliphatic rings. The smallest absolute Gasteiger partial charge is 0.430 e. The molecule has 3 aromatic rings. The van der Waals surface area contributed by atoms with Crippen LogP contribution < -0.4 is 10.0 Å². The number of fused-ring (bicyclic) bond motifs is 2. The van der Waals surface area contributed by atoms with Crippen LogP contribution in [-0.2, 0) is 36.4 Å². The van der Waals surface area contributed by atoms with E-state index in [0.717, 1.165) is 30.1 Å². The average molecular weight is 848 g/mol. The highest BCUT2D eigenvalue weighted by Gasteiger charge is 2.43. The summed E-state index contributed by atoms with van der Waals surface area (Å²) in [5.41, 5.74) is 13.4. The van der Waals surface area contributed by atoms with Crippen LogP contribution in [0.15, 0.2) is 119 Å². The summed E-state index contributed by atoms with van der Waals surface area (Å²) in [6.45, 7) is 13.3. The molecule has 2 heterocycles. The Morgan fingerprint density at radius 1 is 0.883 bits per heavy atom. The van der Waals surface area contributed by atoms with Crippen molar-refractivity contribution in [3.05, 3.63) is 136 Å². The van der Waals surface area contributed by atoms with Gasteiger partial charge in [-0.2, -0.15) is 17.7 Å². The Kier molecular flexibility index (Phi) is 15.8. The van der Waals surface area contributed by atoms with Crippen molar-refractivity contribution >= 4 is 34.7 Å². The molecule has 0 N–H and O–H groups in total. The lowest BCUT2D eigenvalue weighted by Gasteiger charge is -2.33. The number of halogens is 4. The molecule has 0 amide bonds. The number of hydrogen-bond acceptors (Lipinski definition) is 7. The van der Waals surface area contributed by atoms with Gasteiger partial charge in [-0.3, -0.25) is 0 Å². The average Bonchev–Trinajstić information content (AvgIpc) is 3.55. The van der Waals surface area contributed by atoms with Gasteiger partial charge < -0.3 is 33.9 Å². The predicted octanol–water partition coefficient (Wildman–Crippen LogP) is 8.47. The summed E-state index contributed by atoms with van der Waals surface area (Å²) in [6, 6.07) is 28.0. The van der Waals surface area contributed by atoms with Crippen molar-refractivity contribution in [2.24, 2.45) is 5.92 Å². The molecule has 0 radical (unpaired) electrons. The summed E-state index contributed by atoms with van der Waals surface area (Å²) in [4.78, 5) is 13.5. The number of alkyl halides is 3. The van der Waals surface area contributed by atoms with Crippen molar-refractivity contribution in [3.63, 3.8) is 0 Å². The van der Waals surface area contributed by atoms with Crippen molar-refractivity contribution in [2.45, 2.75) is 70.2 Å². The lowest BCUT2D eigenvalue weighted by atomic mass is 9.80. The topological polar surface area (TPSA) is 77.3 Å². The third kappa shape index (κ3) is 11.3. The maximum absolute atomic E-state index is 10.5. The molecular formula is C48H57ClF3N3O5. The normalized spacial score (nSPS) is 19.3. The molecule has 322 valence electrons. The van der Waals surface area contributed by atoms with Gasteiger partial charge in [-0.15, -0.1) is 5.73 Å². The highest BCUT2D eigenvalue weighted by atomic mass is 35.5. The monoisotopic (exact) mass is 847 g/mol. The fraction of sp³-hybridized carbons (Fsp3) is 0.438. The predicted molar refractivity (Wildman–Crippen MR) is 230 cm³/mol. The van der Waals surface area contributed by atoms with E-state index in [1.165, 1.54) is 39.3 Å². The minimum absolute atomic E-state index is 0.0629. The zero-order valence-corrected chi connectivity index (χ0v) is 36.4. The molecule has 2 atom stereocenters. The van der Waals surface area contributed by atoms with E-state index in [1.807, 2.05) is 18.2 Å². The number of para-hydroxylation sites is 2. The lowest BCUT2D eigenvalue weighted by molar-refractivity contribution is -0.401. The van der Waals surface area contributed by atoms with Gasteiger partial charge in [0.05, 0.1) is 50.8 Å². The molecule has 0 saturated heterocycles. The van der Waals surface area contributed by atoms with Crippen LogP contribution in [0.4, 0.5) is 24.5 Å². The molecule has 60 heavy (non-hydrogen) atoms. The number of allylic oxidation sites excluding steroid dienone is 4. The zero-order chi connectivity index (χ0) is 43.7. The Hall–Kier alpha value is -4.48. The van der Waals surface area contributed by atoms with Gasteiger partial charge in [0, 0.05) is 52.3 Å². The molecule has 0 saturated carbocycles. The van der Waals surface area contributed by atoms with Gasteiger partial charge in [-0.25, -0.2) is 0 Å². The largest absolute Gasteiger partial charge is 0.542 e. The van der Waals surface area contributed by atoms with Crippen molar-refractivity contribution in [3.8, 4) is 0 Å². The van der Waals surface area contributed by atoms with Crippen LogP contribution in [-0.4, -0.2) is 94.1 Å². The van der Waals surface area contributed by atoms with Crippen LogP contribution in [0.3, 0.4) is 0 Å². The second-order valence-corrected chi connectivity index (χ2v) is 16.9. The summed E-state index contributed by atoms with van der Waals surface area (Å²) in [6.07, 6.45) is 3.46. The van der Waals surface area contributed by atoms with E-state index in [0.29, 0.717) is 45.7 Å². The molecule has 0 bridgehead atoms. The van der Waals surface area contributed by atoms with E-state index in [2.05, 4.69) is 148 Å². The maximum atomic E-state index is 10.5. The molecule has 6 rings (SSSR count). The number of carbonyl (C=O) groups excluding carboxylic acids is 1. The first-order valence-electron chi connectivity index (χ1n) is 20.3. The van der Waals surface area contributed by atoms with Crippen molar-refractivity contribution in [1.82, 2.24) is 4.90 Å². The van der Waals surface area contributed by atoms with E-state index >= 15 is 0 Å². The van der Waals surface area contributed by atoms with Crippen LogP contribution in [0.25, 0.3) is 0 Å². The lowest BCUT2D eigenvalue weighted by Crippen LogP contribution is -2.37. The molecule has 3 aromatic carbocycles. The second-order valence-electron chi connectivity index (χ2n) is 16.5. The van der Waals surface area contributed by atoms with E-state index in [9.17, 15) is 13.2 Å². The molecule has 0 aromatic heterocycles. The van der Waals surface area contributed by atoms with Gasteiger partial charge in [0.1, 0.15) is 13.0 Å². The summed E-state index contributed by atoms with van der Waals surface area (Å²) in [5.74, 6) is -2.94. The minimum Gasteiger partial charge on any atom is -0.542 e. The maximum Gasteiger partial charge on any atom is 0.430 e. The molecular weight excluding hydrogens is 791 g/mol. The number of nitrogens with zero attached hydrogens (tertiary/aromatic N) is 3. The number of hydrogen-bond donors (Lipinski definition) is 0. The van der Waals surface area contributed by atoms with E-state index in [-0.39, 0.29) is 16.7 Å². The fourth-order valence-electron chi connectivity index (χ4n) is 8.09. The van der Waals surface area contributed by atoms with Crippen LogP contribution in [0, 0.1) is 5.92 Å². The quantitative estimate of drug-likeness (QED) is 0.0864. The molecule has 1 aliphatic carbocycles. The molecule has 0 spiro atoms. The van der Waals surface area contributed by atoms with Crippen molar-refractivity contribution < 1.29 is 41.9 Å². The second kappa shape index (κ2) is 20.4. The van der Waals surface area contributed by atoms with E-state index < -0.39 is 12.1 Å². The van der Waals surface area contributed by atoms with Gasteiger partial charge in [0.15, 0.2) is 5.71 Å². The Labute approximate surface area is 357 Å². The number of ether oxygens (including phenoxy) is 3. The Morgan fingerprint density at radius 2 is 1.47 bits per heavy atom. The van der Waals surface area contributed by atoms with Gasteiger partial charge >= 0.3 is 6.18 Å². The minimum atomic E-state index is -5.19. The SMILES string of the molecule is CN(C)C1CC(/C=C/C2=[N+](C)c3ccccc3C2(C)C)=C(Cl)C(C=C=C2N(CCOCCOCCOCc3ccccc3)c3ccccc3C2(C)C)C1.O=C([O-])C(F)(F)F. The number of carboxylic acids is 1. The number of aliphatic carboxylic acids is 1. The van der Waals surface area contributed by atoms with Crippen LogP contribution in [0.5, 0.6) is 0 Å². The number of anilines is 1. The summed E-state index contributed by atoms with van der Waals surface area (Å²) < 4.78 is 51.4. The van der Waals surface area contributed by atoms with Gasteiger partial charge in [-0.05, 0) is 83.5 Å². The van der Waals surface area contributed by atoms with Crippen LogP contribution in [0.2, 0.25) is 0 Å². The summed E-state index contributed by atoms with van der Waals surface area (Å²) >= 11 is 7.34. The zero-order valence-electron chi connectivity index (χ0n) is 35.7. The first-order chi connectivity index (χ1) is 28.4. The number of carbonyl (C=O) groups is 1. The molecule has 12 heteroatoms. The Morgan fingerprint density at radius 3 is 2.10 bits per heavy atom. The van der Waals surface area contributed by atoms with Crippen LogP contribution in [0.1, 0.15) is 57.2 Å². The molecule has 2 unspecified atom stereocenters. The van der Waals surface area contributed by atoms with Crippen molar-refractivity contribution in [2.75, 3.05) is 65.6 Å². The summed E-state index contributed by atoms with van der Waals surface area (Å²) in [7, 11) is 6.52. The summed E-state index contributed by atoms with van der Waals surface area (Å²) in [5, 5.41) is 9.70. The Bertz CT molecular complexity index is 2120. The van der Waals surface area contributed by atoms with Crippen molar-refractivity contribution in [1.29, 1.82) is 0 Å². The van der Waals surface area contributed by atoms with Gasteiger partial charge in [0.25, 0.3) is 0 Å². The van der Waals surface area contributed by atoms with E-state index in [1.54, 1.807) is 0 Å². The van der Waals surface area contributed by atoms with Gasteiger partial charge in [0.2, 0.25) is 5.69 Å². The molecule has 2 aliphatic heterocycles. The number of carboxylic acid groups (broad SMARTS) is 1. The van der Waals surface area contributed by atoms with E-state index in [4.69, 9.17) is 35.7 Å². The third-order valence-corrected chi connectivity index (χ3v) is 11.9. The Balaban J connectivity index is 0.000000896. The molecule has 8 nitrogen and oxygen atoms in total. The highest BCUT2D eigenvalue weighted by molar-refractivity contribution is 6.30. The standard InChI is InChI=1S/C46H57ClN3O3.C2HF3O2/c1-45(2)38-17-11-13-19-40(38)49(7)42(45)23-21-35-31-37(48(5)6)32-36(44(35)47)22-24-43-46(3,4)39-18-12-14-20-41(39)50(43)25-26-51-27-28-52-29-30-53-33-34-15-9-8-10-16-34;3-2(4,5)1(6)7/h8-23,36-37H,25-33H2,1-7H3;(H,6,7)/q+1;/p-1/b23-21+;. The number of benzene rings is 3. The highest BCUT2D eigenvalue weighted by Crippen LogP contribution is 2.47. The first-order valence-corrected chi connectivity index (χ1v) is 20.7. The number of rotatable bonds is 15. The third-order valence-electron chi connectivity index (χ3n) is 11.4. The fourth-order valence-corrected chi connectivity index (χ4v) is 8.38. The molecule has 0 fully saturated rings. The van der Waals surface area contributed by atoms with Gasteiger partial charge in [-0.1, -0.05) is 84.4 Å². The van der Waals surface area contributed by atoms with Crippen LogP contribution >= 0.6 is 11.6 Å².